The number of carbonyl (C=O) groups excluding carboxylic acids is 2. The molecule has 0 unspecified atom stereocenters. The average molecular weight is 346 g/mol. The lowest BCUT2D eigenvalue weighted by atomic mass is 10.2. The molecule has 0 aromatic heterocycles. The minimum atomic E-state index is -1.08. The molecule has 0 bridgehead atoms. The first-order valence-corrected chi connectivity index (χ1v) is 6.90. The molecular weight excluding hydrogens is 330 g/mol. The van der Waals surface area contributed by atoms with Crippen LogP contribution in [0.3, 0.4) is 0 Å². The second kappa shape index (κ2) is 7.77. The van der Waals surface area contributed by atoms with Crippen LogP contribution in [-0.4, -0.2) is 28.5 Å². The van der Waals surface area contributed by atoms with Crippen LogP contribution in [0.2, 0.25) is 0 Å². The Balaban J connectivity index is 2.80. The molecule has 0 atom stereocenters. The zero-order chi connectivity index (χ0) is 17.6. The van der Waals surface area contributed by atoms with Crippen molar-refractivity contribution in [3.05, 3.63) is 33.9 Å². The van der Waals surface area contributed by atoms with E-state index in [2.05, 4.69) is 4.74 Å². The maximum absolute atomic E-state index is 11.6. The largest absolute Gasteiger partial charge is 0.482 e. The van der Waals surface area contributed by atoms with E-state index in [9.17, 15) is 19.7 Å². The lowest BCUT2D eigenvalue weighted by molar-refractivity contribution is -0.385. The summed E-state index contributed by atoms with van der Waals surface area (Å²) in [5.74, 6) is -0.383. The van der Waals surface area contributed by atoms with Gasteiger partial charge in [-0.25, -0.2) is 9.59 Å². The van der Waals surface area contributed by atoms with Crippen molar-refractivity contribution in [3.8, 4) is 5.75 Å². The fourth-order valence-electron chi connectivity index (χ4n) is 1.59. The third-order valence-corrected chi connectivity index (χ3v) is 2.47. The molecule has 0 N–H and O–H groups in total. The molecule has 0 spiro atoms. The summed E-state index contributed by atoms with van der Waals surface area (Å²) in [6.45, 7) is 4.41. The Bertz CT molecular complexity index is 610. The van der Waals surface area contributed by atoms with Gasteiger partial charge in [-0.2, -0.15) is 0 Å². The van der Waals surface area contributed by atoms with Crippen LogP contribution in [0.1, 0.15) is 26.3 Å². The molecule has 8 nitrogen and oxygen atoms in total. The Morgan fingerprint density at radius 2 is 1.96 bits per heavy atom. The molecule has 1 aromatic rings. The number of rotatable bonds is 6. The van der Waals surface area contributed by atoms with Gasteiger partial charge in [0, 0.05) is 17.7 Å². The molecule has 0 radical (unpaired) electrons. The van der Waals surface area contributed by atoms with Crippen LogP contribution in [0.4, 0.5) is 10.5 Å². The number of benzene rings is 1. The van der Waals surface area contributed by atoms with Gasteiger partial charge in [-0.1, -0.05) is 0 Å². The van der Waals surface area contributed by atoms with Gasteiger partial charge in [0.15, 0.2) is 6.61 Å². The lowest BCUT2D eigenvalue weighted by Crippen LogP contribution is -2.27. The lowest BCUT2D eigenvalue weighted by Gasteiger charge is -2.19. The number of nitro benzene ring substituents is 1. The molecule has 9 heteroatoms. The van der Waals surface area contributed by atoms with E-state index in [1.54, 1.807) is 20.8 Å². The number of hydrogen-bond donors (Lipinski definition) is 0. The van der Waals surface area contributed by atoms with E-state index in [1.807, 2.05) is 0 Å². The summed E-state index contributed by atoms with van der Waals surface area (Å²) in [4.78, 5) is 32.5. The number of ether oxygens (including phenoxy) is 3. The molecule has 0 aliphatic carbocycles. The summed E-state index contributed by atoms with van der Waals surface area (Å²) in [5.41, 5.74) is -1.90. The molecule has 0 saturated heterocycles. The molecule has 0 amide bonds. The van der Waals surface area contributed by atoms with Gasteiger partial charge in [0.1, 0.15) is 18.0 Å². The topological polar surface area (TPSA) is 105 Å². The first-order valence-electron chi connectivity index (χ1n) is 6.52. The van der Waals surface area contributed by atoms with Gasteiger partial charge >= 0.3 is 11.4 Å². The molecular formula is C14H16ClNO7. The standard InChI is InChI=1S/C14H16ClNO7/c1-14(2,3)23-12(17)8-21-10-4-5-11(16(19)20)9(6-10)7-22-13(15)18/h4-6H,7-8H2,1-3H3. The second-order valence-corrected chi connectivity index (χ2v) is 5.76. The molecule has 0 aliphatic rings. The van der Waals surface area contributed by atoms with Gasteiger partial charge in [-0.05, 0) is 32.9 Å². The summed E-state index contributed by atoms with van der Waals surface area (Å²) < 4.78 is 14.8. The fraction of sp³-hybridized carbons (Fsp3) is 0.429. The summed E-state index contributed by atoms with van der Waals surface area (Å²) in [7, 11) is 0. The Kier molecular flexibility index (Phi) is 6.32. The van der Waals surface area contributed by atoms with Crippen molar-refractivity contribution in [1.29, 1.82) is 0 Å². The van der Waals surface area contributed by atoms with Crippen LogP contribution in [0, 0.1) is 10.1 Å². The van der Waals surface area contributed by atoms with Crippen LogP contribution in [0.25, 0.3) is 0 Å². The van der Waals surface area contributed by atoms with Crippen molar-refractivity contribution >= 4 is 28.7 Å². The SMILES string of the molecule is CC(C)(C)OC(=O)COc1ccc([N+](=O)[O-])c(COC(=O)Cl)c1. The zero-order valence-electron chi connectivity index (χ0n) is 12.8. The van der Waals surface area contributed by atoms with Gasteiger partial charge in [-0.3, -0.25) is 10.1 Å². The maximum atomic E-state index is 11.6. The summed E-state index contributed by atoms with van der Waals surface area (Å²) >= 11 is 5.04. The Morgan fingerprint density at radius 3 is 2.48 bits per heavy atom. The van der Waals surface area contributed by atoms with Gasteiger partial charge in [0.05, 0.1) is 10.5 Å². The zero-order valence-corrected chi connectivity index (χ0v) is 13.6. The van der Waals surface area contributed by atoms with Crippen molar-refractivity contribution in [2.24, 2.45) is 0 Å². The smallest absolute Gasteiger partial charge is 0.404 e. The first-order chi connectivity index (χ1) is 10.6. The highest BCUT2D eigenvalue weighted by Gasteiger charge is 2.19. The van der Waals surface area contributed by atoms with E-state index in [1.165, 1.54) is 18.2 Å². The quantitative estimate of drug-likeness (QED) is 0.337. The van der Waals surface area contributed by atoms with Gasteiger partial charge in [0.2, 0.25) is 0 Å². The fourth-order valence-corrected chi connectivity index (χ4v) is 1.65. The molecule has 1 rings (SSSR count). The molecule has 0 saturated carbocycles. The molecule has 0 fully saturated rings. The summed E-state index contributed by atoms with van der Waals surface area (Å²) in [5, 5.41) is 10.9. The molecule has 23 heavy (non-hydrogen) atoms. The third-order valence-electron chi connectivity index (χ3n) is 2.37. The van der Waals surface area contributed by atoms with Crippen LogP contribution in [0.15, 0.2) is 18.2 Å². The molecule has 1 aromatic carbocycles. The number of esters is 1. The number of hydrogen-bond acceptors (Lipinski definition) is 7. The highest BCUT2D eigenvalue weighted by molar-refractivity contribution is 6.61. The van der Waals surface area contributed by atoms with E-state index >= 15 is 0 Å². The third kappa shape index (κ3) is 6.96. The summed E-state index contributed by atoms with van der Waals surface area (Å²) in [6, 6.07) is 3.80. The number of halogens is 1. The number of carbonyl (C=O) groups is 2. The van der Waals surface area contributed by atoms with E-state index < -0.39 is 21.9 Å². The van der Waals surface area contributed by atoms with Gasteiger partial charge in [-0.15, -0.1) is 0 Å². The maximum Gasteiger partial charge on any atom is 0.404 e. The normalized spacial score (nSPS) is 10.8. The Morgan fingerprint density at radius 1 is 1.30 bits per heavy atom. The van der Waals surface area contributed by atoms with E-state index in [4.69, 9.17) is 21.1 Å². The van der Waals surface area contributed by atoms with Crippen LogP contribution < -0.4 is 4.74 Å². The highest BCUT2D eigenvalue weighted by atomic mass is 35.5. The van der Waals surface area contributed by atoms with Crippen LogP contribution >= 0.6 is 11.6 Å². The van der Waals surface area contributed by atoms with E-state index in [0.717, 1.165) is 0 Å². The predicted octanol–water partition coefficient (Wildman–Crippen LogP) is 3.19. The summed E-state index contributed by atoms with van der Waals surface area (Å²) in [6.07, 6.45) is 0. The van der Waals surface area contributed by atoms with Crippen molar-refractivity contribution in [1.82, 2.24) is 0 Å². The highest BCUT2D eigenvalue weighted by Crippen LogP contribution is 2.25. The molecule has 0 aliphatic heterocycles. The van der Waals surface area contributed by atoms with Crippen LogP contribution in [-0.2, 0) is 20.9 Å². The Hall–Kier alpha value is -2.35. The van der Waals surface area contributed by atoms with Gasteiger partial charge < -0.3 is 14.2 Å². The molecule has 0 heterocycles. The van der Waals surface area contributed by atoms with E-state index in [0.29, 0.717) is 0 Å². The number of nitro groups is 1. The van der Waals surface area contributed by atoms with Crippen molar-refractivity contribution in [2.75, 3.05) is 6.61 Å². The predicted molar refractivity (Wildman–Crippen MR) is 80.5 cm³/mol. The van der Waals surface area contributed by atoms with Gasteiger partial charge in [0.25, 0.3) is 5.69 Å². The monoisotopic (exact) mass is 345 g/mol. The second-order valence-electron chi connectivity index (χ2n) is 5.45. The Labute approximate surface area is 137 Å². The first kappa shape index (κ1) is 18.7. The van der Waals surface area contributed by atoms with Crippen LogP contribution in [0.5, 0.6) is 5.75 Å². The average Bonchev–Trinajstić information content (AvgIpc) is 2.40. The number of nitrogens with zero attached hydrogens (tertiary/aromatic N) is 1. The van der Waals surface area contributed by atoms with Crippen molar-refractivity contribution < 1.29 is 28.7 Å². The van der Waals surface area contributed by atoms with Crippen molar-refractivity contribution in [3.63, 3.8) is 0 Å². The van der Waals surface area contributed by atoms with Crippen molar-refractivity contribution in [2.45, 2.75) is 33.0 Å². The minimum Gasteiger partial charge on any atom is -0.482 e. The molecule has 126 valence electrons. The van der Waals surface area contributed by atoms with E-state index in [-0.39, 0.29) is 30.2 Å². The minimum absolute atomic E-state index is 0.0886.